The van der Waals surface area contributed by atoms with Gasteiger partial charge in [0.05, 0.1) is 18.3 Å². The summed E-state index contributed by atoms with van der Waals surface area (Å²) in [6, 6.07) is 3.17. The summed E-state index contributed by atoms with van der Waals surface area (Å²) in [4.78, 5) is 16.6. The Kier molecular flexibility index (Phi) is 5.86. The lowest BCUT2D eigenvalue weighted by molar-refractivity contribution is 0.102. The number of nitrogens with one attached hydrogen (secondary N) is 1. The van der Waals surface area contributed by atoms with Crippen molar-refractivity contribution in [3.8, 4) is 11.8 Å². The third-order valence-corrected chi connectivity index (χ3v) is 3.15. The summed E-state index contributed by atoms with van der Waals surface area (Å²) in [5, 5.41) is 10.6. The first-order valence-electron chi connectivity index (χ1n) is 7.33. The third-order valence-electron chi connectivity index (χ3n) is 2.54. The van der Waals surface area contributed by atoms with E-state index in [-0.39, 0.29) is 12.0 Å². The lowest BCUT2D eigenvalue weighted by atomic mass is 10.2. The second kappa shape index (κ2) is 7.87. The molecular weight excluding hydrogens is 316 g/mol. The number of carbonyl (C=O) groups is 1. The fraction of sp³-hybridized carbons (Fsp3) is 0.467. The molecule has 2 heterocycles. The normalized spacial score (nSPS) is 10.9. The third kappa shape index (κ3) is 5.48. The maximum absolute atomic E-state index is 12.3. The van der Waals surface area contributed by atoms with Gasteiger partial charge >= 0.3 is 0 Å². The molecule has 2 aromatic rings. The van der Waals surface area contributed by atoms with E-state index in [2.05, 4.69) is 20.5 Å². The molecule has 0 fully saturated rings. The topological polar surface area (TPSA) is 86.2 Å². The fourth-order valence-corrected chi connectivity index (χ4v) is 2.08. The average molecular weight is 336 g/mol. The summed E-state index contributed by atoms with van der Waals surface area (Å²) >= 11 is 1.25. The zero-order chi connectivity index (χ0) is 16.8. The lowest BCUT2D eigenvalue weighted by Gasteiger charge is -2.13. The van der Waals surface area contributed by atoms with Gasteiger partial charge in [0, 0.05) is 12.1 Å². The molecule has 23 heavy (non-hydrogen) atoms. The molecule has 0 saturated heterocycles. The van der Waals surface area contributed by atoms with E-state index in [1.54, 1.807) is 17.6 Å². The van der Waals surface area contributed by atoms with E-state index in [9.17, 15) is 4.79 Å². The van der Waals surface area contributed by atoms with Gasteiger partial charge in [-0.05, 0) is 19.8 Å². The van der Waals surface area contributed by atoms with E-state index in [0.29, 0.717) is 35.0 Å². The van der Waals surface area contributed by atoms with Crippen LogP contribution in [0.3, 0.4) is 0 Å². The molecule has 0 saturated carbocycles. The smallest absolute Gasteiger partial charge is 0.257 e. The van der Waals surface area contributed by atoms with Crippen LogP contribution in [0.2, 0.25) is 0 Å². The number of anilines is 1. The van der Waals surface area contributed by atoms with Gasteiger partial charge in [-0.2, -0.15) is 4.98 Å². The highest BCUT2D eigenvalue weighted by atomic mass is 32.1. The van der Waals surface area contributed by atoms with Crippen LogP contribution in [-0.2, 0) is 0 Å². The van der Waals surface area contributed by atoms with E-state index in [0.717, 1.165) is 0 Å². The predicted molar refractivity (Wildman–Crippen MR) is 88.2 cm³/mol. The van der Waals surface area contributed by atoms with Crippen molar-refractivity contribution in [2.45, 2.75) is 33.8 Å². The van der Waals surface area contributed by atoms with E-state index in [1.807, 2.05) is 27.7 Å². The maximum atomic E-state index is 12.3. The average Bonchev–Trinajstić information content (AvgIpc) is 2.97. The molecule has 0 aliphatic rings. The molecule has 0 aromatic carbocycles. The van der Waals surface area contributed by atoms with Crippen LogP contribution in [0.25, 0.3) is 0 Å². The van der Waals surface area contributed by atoms with Crippen molar-refractivity contribution >= 4 is 22.4 Å². The highest BCUT2D eigenvalue weighted by molar-refractivity contribution is 7.13. The Bertz CT molecular complexity index is 644. The molecule has 1 N–H and O–H groups in total. The largest absolute Gasteiger partial charge is 0.477 e. The Morgan fingerprint density at radius 3 is 2.61 bits per heavy atom. The van der Waals surface area contributed by atoms with E-state index in [1.165, 1.54) is 11.3 Å². The lowest BCUT2D eigenvalue weighted by Crippen LogP contribution is -2.15. The molecule has 124 valence electrons. The van der Waals surface area contributed by atoms with Crippen molar-refractivity contribution in [1.82, 2.24) is 15.2 Å². The minimum atomic E-state index is -0.313. The van der Waals surface area contributed by atoms with Crippen LogP contribution in [-0.4, -0.2) is 33.8 Å². The molecule has 2 rings (SSSR count). The van der Waals surface area contributed by atoms with Crippen molar-refractivity contribution in [3.05, 3.63) is 23.2 Å². The first kappa shape index (κ1) is 17.1. The SMILES string of the molecule is CC(C)COc1cc(C(=O)Nc2nncs2)cc(OC(C)C)n1. The summed E-state index contributed by atoms with van der Waals surface area (Å²) in [7, 11) is 0. The Hall–Kier alpha value is -2.22. The fourth-order valence-electron chi connectivity index (χ4n) is 1.64. The molecule has 0 atom stereocenters. The summed E-state index contributed by atoms with van der Waals surface area (Å²) < 4.78 is 11.2. The van der Waals surface area contributed by atoms with E-state index < -0.39 is 0 Å². The van der Waals surface area contributed by atoms with Crippen LogP contribution in [0.5, 0.6) is 11.8 Å². The van der Waals surface area contributed by atoms with Gasteiger partial charge < -0.3 is 9.47 Å². The van der Waals surface area contributed by atoms with Crippen LogP contribution < -0.4 is 14.8 Å². The molecule has 0 bridgehead atoms. The summed E-state index contributed by atoms with van der Waals surface area (Å²) in [6.07, 6.45) is -0.0538. The molecule has 7 nitrogen and oxygen atoms in total. The van der Waals surface area contributed by atoms with Gasteiger partial charge in [0.2, 0.25) is 16.9 Å². The highest BCUT2D eigenvalue weighted by Crippen LogP contribution is 2.21. The van der Waals surface area contributed by atoms with Crippen LogP contribution in [0, 0.1) is 5.92 Å². The molecule has 0 spiro atoms. The Balaban J connectivity index is 2.21. The van der Waals surface area contributed by atoms with Crippen LogP contribution in [0.15, 0.2) is 17.6 Å². The molecule has 0 unspecified atom stereocenters. The van der Waals surface area contributed by atoms with E-state index in [4.69, 9.17) is 9.47 Å². The number of hydrogen-bond donors (Lipinski definition) is 1. The van der Waals surface area contributed by atoms with Crippen molar-refractivity contribution in [2.24, 2.45) is 5.92 Å². The zero-order valence-electron chi connectivity index (χ0n) is 13.6. The monoisotopic (exact) mass is 336 g/mol. The number of rotatable bonds is 7. The van der Waals surface area contributed by atoms with Crippen molar-refractivity contribution in [1.29, 1.82) is 0 Å². The first-order chi connectivity index (χ1) is 10.9. The molecule has 8 heteroatoms. The molecule has 2 aromatic heterocycles. The summed E-state index contributed by atoms with van der Waals surface area (Å²) in [5.41, 5.74) is 1.94. The maximum Gasteiger partial charge on any atom is 0.257 e. The standard InChI is InChI=1S/C15H20N4O3S/c1-9(2)7-21-12-5-11(6-13(17-12)22-10(3)4)14(20)18-15-19-16-8-23-15/h5-6,8-10H,7H2,1-4H3,(H,18,19,20). The van der Waals surface area contributed by atoms with Gasteiger partial charge in [0.1, 0.15) is 5.51 Å². The Labute approximate surface area is 139 Å². The Morgan fingerprint density at radius 1 is 1.26 bits per heavy atom. The molecule has 0 aliphatic heterocycles. The quantitative estimate of drug-likeness (QED) is 0.836. The summed E-state index contributed by atoms with van der Waals surface area (Å²) in [6.45, 7) is 8.37. The van der Waals surface area contributed by atoms with Crippen LogP contribution in [0.4, 0.5) is 5.13 Å². The summed E-state index contributed by atoms with van der Waals surface area (Å²) in [5.74, 6) is 0.750. The molecule has 1 amide bonds. The number of carbonyl (C=O) groups excluding carboxylic acids is 1. The number of ether oxygens (including phenoxy) is 2. The van der Waals surface area contributed by atoms with Gasteiger partial charge in [-0.3, -0.25) is 10.1 Å². The molecular formula is C15H20N4O3S. The second-order valence-corrected chi connectivity index (χ2v) is 6.43. The van der Waals surface area contributed by atoms with Crippen LogP contribution in [0.1, 0.15) is 38.1 Å². The Morgan fingerprint density at radius 2 is 2.00 bits per heavy atom. The van der Waals surface area contributed by atoms with Crippen molar-refractivity contribution in [3.63, 3.8) is 0 Å². The molecule has 0 radical (unpaired) electrons. The highest BCUT2D eigenvalue weighted by Gasteiger charge is 2.14. The van der Waals surface area contributed by atoms with Gasteiger partial charge in [-0.25, -0.2) is 0 Å². The predicted octanol–water partition coefficient (Wildman–Crippen LogP) is 3.01. The van der Waals surface area contributed by atoms with Gasteiger partial charge in [0.25, 0.3) is 5.91 Å². The van der Waals surface area contributed by atoms with Crippen molar-refractivity contribution < 1.29 is 14.3 Å². The minimum absolute atomic E-state index is 0.0538. The van der Waals surface area contributed by atoms with Gasteiger partial charge in [-0.15, -0.1) is 10.2 Å². The first-order valence-corrected chi connectivity index (χ1v) is 8.21. The number of pyridine rings is 1. The zero-order valence-corrected chi connectivity index (χ0v) is 14.4. The van der Waals surface area contributed by atoms with Gasteiger partial charge in [-0.1, -0.05) is 25.2 Å². The number of nitrogens with zero attached hydrogens (tertiary/aromatic N) is 3. The number of aromatic nitrogens is 3. The second-order valence-electron chi connectivity index (χ2n) is 5.60. The van der Waals surface area contributed by atoms with Gasteiger partial charge in [0.15, 0.2) is 0 Å². The van der Waals surface area contributed by atoms with Crippen molar-refractivity contribution in [2.75, 3.05) is 11.9 Å². The molecule has 0 aliphatic carbocycles. The van der Waals surface area contributed by atoms with E-state index >= 15 is 0 Å². The number of amides is 1. The minimum Gasteiger partial charge on any atom is -0.477 e. The van der Waals surface area contributed by atoms with Crippen LogP contribution >= 0.6 is 11.3 Å². The number of hydrogen-bond acceptors (Lipinski definition) is 7.